The van der Waals surface area contributed by atoms with E-state index in [4.69, 9.17) is 0 Å². The number of rotatable bonds is 7. The number of pyridine rings is 1. The topological polar surface area (TPSA) is 19.4 Å². The summed E-state index contributed by atoms with van der Waals surface area (Å²) in [6.07, 6.45) is 12.4. The van der Waals surface area contributed by atoms with Crippen molar-refractivity contribution in [2.24, 2.45) is 5.92 Å². The highest BCUT2D eigenvalue weighted by molar-refractivity contribution is 5.08. The van der Waals surface area contributed by atoms with Crippen LogP contribution >= 0.6 is 0 Å². The first-order chi connectivity index (χ1) is 10.8. The van der Waals surface area contributed by atoms with Crippen molar-refractivity contribution < 1.29 is 0 Å². The van der Waals surface area contributed by atoms with E-state index in [1.54, 1.807) is 0 Å². The van der Waals surface area contributed by atoms with Crippen LogP contribution in [0.2, 0.25) is 0 Å². The van der Waals surface area contributed by atoms with Gasteiger partial charge in [0.2, 0.25) is 0 Å². The number of nitrogens with zero attached hydrogens (tertiary/aromatic N) is 3. The summed E-state index contributed by atoms with van der Waals surface area (Å²) in [6.45, 7) is 8.39. The summed E-state index contributed by atoms with van der Waals surface area (Å²) in [6, 6.07) is 5.06. The Morgan fingerprint density at radius 3 is 2.77 bits per heavy atom. The Balaban J connectivity index is 1.62. The normalized spacial score (nSPS) is 23.6. The number of likely N-dealkylation sites (tertiary alicyclic amines) is 1. The van der Waals surface area contributed by atoms with E-state index in [0.29, 0.717) is 0 Å². The summed E-state index contributed by atoms with van der Waals surface area (Å²) in [7, 11) is 0. The minimum absolute atomic E-state index is 0.767. The van der Waals surface area contributed by atoms with Crippen molar-refractivity contribution in [1.29, 1.82) is 0 Å². The molecule has 0 N–H and O–H groups in total. The molecule has 122 valence electrons. The number of aromatic nitrogens is 1. The van der Waals surface area contributed by atoms with Crippen molar-refractivity contribution >= 4 is 0 Å². The lowest BCUT2D eigenvalue weighted by molar-refractivity contribution is 0.154. The summed E-state index contributed by atoms with van der Waals surface area (Å²) in [5.41, 5.74) is 1.36. The quantitative estimate of drug-likeness (QED) is 0.767. The summed E-state index contributed by atoms with van der Waals surface area (Å²) in [5.74, 6) is 0.924. The Morgan fingerprint density at radius 2 is 2.05 bits per heavy atom. The van der Waals surface area contributed by atoms with E-state index < -0.39 is 0 Å². The van der Waals surface area contributed by atoms with Gasteiger partial charge in [0, 0.05) is 38.1 Å². The van der Waals surface area contributed by atoms with E-state index in [0.717, 1.165) is 18.5 Å². The van der Waals surface area contributed by atoms with Crippen LogP contribution in [0.25, 0.3) is 0 Å². The van der Waals surface area contributed by atoms with Crippen LogP contribution in [0.3, 0.4) is 0 Å². The molecule has 3 rings (SSSR count). The molecule has 1 aliphatic heterocycles. The highest BCUT2D eigenvalue weighted by Gasteiger charge is 2.27. The third-order valence-corrected chi connectivity index (χ3v) is 5.49. The molecule has 2 aliphatic rings. The number of hydrogen-bond acceptors (Lipinski definition) is 3. The number of hydrogen-bond donors (Lipinski definition) is 0. The molecule has 1 saturated carbocycles. The molecule has 0 spiro atoms. The Bertz CT molecular complexity index is 428. The average molecular weight is 301 g/mol. The lowest BCUT2D eigenvalue weighted by Crippen LogP contribution is -2.41. The van der Waals surface area contributed by atoms with Gasteiger partial charge >= 0.3 is 0 Å². The molecule has 0 radical (unpaired) electrons. The minimum Gasteiger partial charge on any atom is -0.299 e. The Kier molecular flexibility index (Phi) is 5.85. The van der Waals surface area contributed by atoms with E-state index in [1.807, 2.05) is 12.4 Å². The smallest absolute Gasteiger partial charge is 0.0312 e. The second kappa shape index (κ2) is 8.07. The van der Waals surface area contributed by atoms with Crippen molar-refractivity contribution in [2.75, 3.05) is 26.2 Å². The standard InChI is InChI=1S/C19H31N3/c1-2-22-12-6-10-19(22)16-21(14-17-7-3-4-8-17)15-18-9-5-11-20-13-18/h5,9,11,13,17,19H,2-4,6-8,10,12,14-16H2,1H3. The van der Waals surface area contributed by atoms with Crippen LogP contribution in [0, 0.1) is 5.92 Å². The van der Waals surface area contributed by atoms with Crippen molar-refractivity contribution in [3.63, 3.8) is 0 Å². The van der Waals surface area contributed by atoms with E-state index in [1.165, 1.54) is 70.3 Å². The molecule has 1 aliphatic carbocycles. The van der Waals surface area contributed by atoms with E-state index in [-0.39, 0.29) is 0 Å². The largest absolute Gasteiger partial charge is 0.299 e. The van der Waals surface area contributed by atoms with Gasteiger partial charge in [-0.25, -0.2) is 0 Å². The first-order valence-corrected chi connectivity index (χ1v) is 9.20. The number of likely N-dealkylation sites (N-methyl/N-ethyl adjacent to an activating group) is 1. The molecule has 0 amide bonds. The van der Waals surface area contributed by atoms with Gasteiger partial charge in [-0.1, -0.05) is 25.8 Å². The molecule has 2 fully saturated rings. The third-order valence-electron chi connectivity index (χ3n) is 5.49. The van der Waals surface area contributed by atoms with Gasteiger partial charge < -0.3 is 0 Å². The van der Waals surface area contributed by atoms with Gasteiger partial charge in [-0.05, 0) is 56.3 Å². The van der Waals surface area contributed by atoms with E-state index in [9.17, 15) is 0 Å². The van der Waals surface area contributed by atoms with Gasteiger partial charge in [-0.3, -0.25) is 14.8 Å². The summed E-state index contributed by atoms with van der Waals surface area (Å²) in [5, 5.41) is 0. The van der Waals surface area contributed by atoms with Crippen LogP contribution in [0.15, 0.2) is 24.5 Å². The first kappa shape index (κ1) is 15.9. The molecule has 1 aromatic rings. The summed E-state index contributed by atoms with van der Waals surface area (Å²) in [4.78, 5) is 9.68. The lowest BCUT2D eigenvalue weighted by atomic mass is 10.1. The Hall–Kier alpha value is -0.930. The second-order valence-corrected chi connectivity index (χ2v) is 7.13. The zero-order chi connectivity index (χ0) is 15.2. The molecule has 0 bridgehead atoms. The van der Waals surface area contributed by atoms with Gasteiger partial charge in [-0.2, -0.15) is 0 Å². The molecule has 1 unspecified atom stereocenters. The van der Waals surface area contributed by atoms with Crippen LogP contribution in [-0.4, -0.2) is 47.0 Å². The zero-order valence-corrected chi connectivity index (χ0v) is 14.1. The molecule has 1 aromatic heterocycles. The molecule has 3 heteroatoms. The van der Waals surface area contributed by atoms with Crippen molar-refractivity contribution in [3.8, 4) is 0 Å². The van der Waals surface area contributed by atoms with E-state index in [2.05, 4.69) is 33.8 Å². The predicted molar refractivity (Wildman–Crippen MR) is 91.7 cm³/mol. The fraction of sp³-hybridized carbons (Fsp3) is 0.737. The van der Waals surface area contributed by atoms with Crippen molar-refractivity contribution in [3.05, 3.63) is 30.1 Å². The van der Waals surface area contributed by atoms with Crippen LogP contribution in [0.1, 0.15) is 51.0 Å². The second-order valence-electron chi connectivity index (χ2n) is 7.13. The van der Waals surface area contributed by atoms with Crippen LogP contribution < -0.4 is 0 Å². The maximum absolute atomic E-state index is 4.30. The Labute approximate surface area is 135 Å². The van der Waals surface area contributed by atoms with Gasteiger partial charge in [0.1, 0.15) is 0 Å². The van der Waals surface area contributed by atoms with Crippen molar-refractivity contribution in [1.82, 2.24) is 14.8 Å². The van der Waals surface area contributed by atoms with Crippen LogP contribution in [0.4, 0.5) is 0 Å². The van der Waals surface area contributed by atoms with Gasteiger partial charge in [0.25, 0.3) is 0 Å². The summed E-state index contributed by atoms with van der Waals surface area (Å²) < 4.78 is 0. The average Bonchev–Trinajstić information content (AvgIpc) is 3.20. The zero-order valence-electron chi connectivity index (χ0n) is 14.1. The van der Waals surface area contributed by atoms with Crippen LogP contribution in [-0.2, 0) is 6.54 Å². The van der Waals surface area contributed by atoms with Gasteiger partial charge in [-0.15, -0.1) is 0 Å². The predicted octanol–water partition coefficient (Wildman–Crippen LogP) is 3.56. The SMILES string of the molecule is CCN1CCCC1CN(Cc1cccnc1)CC1CCCC1. The molecule has 22 heavy (non-hydrogen) atoms. The third kappa shape index (κ3) is 4.30. The highest BCUT2D eigenvalue weighted by atomic mass is 15.2. The molecule has 1 atom stereocenters. The molecular formula is C19H31N3. The summed E-state index contributed by atoms with van der Waals surface area (Å²) >= 11 is 0. The molecule has 2 heterocycles. The highest BCUT2D eigenvalue weighted by Crippen LogP contribution is 2.27. The molecule has 3 nitrogen and oxygen atoms in total. The fourth-order valence-corrected chi connectivity index (χ4v) is 4.33. The monoisotopic (exact) mass is 301 g/mol. The molecule has 1 saturated heterocycles. The van der Waals surface area contributed by atoms with Gasteiger partial charge in [0.15, 0.2) is 0 Å². The van der Waals surface area contributed by atoms with E-state index >= 15 is 0 Å². The first-order valence-electron chi connectivity index (χ1n) is 9.20. The molecule has 0 aromatic carbocycles. The fourth-order valence-electron chi connectivity index (χ4n) is 4.33. The van der Waals surface area contributed by atoms with Crippen molar-refractivity contribution in [2.45, 2.75) is 58.0 Å². The lowest BCUT2D eigenvalue weighted by Gasteiger charge is -2.32. The van der Waals surface area contributed by atoms with Gasteiger partial charge in [0.05, 0.1) is 0 Å². The minimum atomic E-state index is 0.767. The van der Waals surface area contributed by atoms with Crippen LogP contribution in [0.5, 0.6) is 0 Å². The maximum Gasteiger partial charge on any atom is 0.0312 e. The molecular weight excluding hydrogens is 270 g/mol. The Morgan fingerprint density at radius 1 is 1.18 bits per heavy atom. The maximum atomic E-state index is 4.30.